The molecule has 0 aliphatic rings. The lowest BCUT2D eigenvalue weighted by Gasteiger charge is -2.12. The van der Waals surface area contributed by atoms with Gasteiger partial charge in [-0.3, -0.25) is 9.59 Å². The third kappa shape index (κ3) is 4.13. The first-order valence-corrected chi connectivity index (χ1v) is 8.67. The Morgan fingerprint density at radius 1 is 1.22 bits per heavy atom. The van der Waals surface area contributed by atoms with Crippen LogP contribution in [0.5, 0.6) is 5.75 Å². The molecule has 0 aliphatic heterocycles. The van der Waals surface area contributed by atoms with Crippen LogP contribution in [0.1, 0.15) is 23.0 Å². The summed E-state index contributed by atoms with van der Waals surface area (Å²) >= 11 is 0. The maximum absolute atomic E-state index is 12.9. The van der Waals surface area contributed by atoms with Gasteiger partial charge < -0.3 is 14.6 Å². The zero-order chi connectivity index (χ0) is 19.4. The molecule has 0 aliphatic carbocycles. The third-order valence-electron chi connectivity index (χ3n) is 4.12. The monoisotopic (exact) mass is 369 g/mol. The molecule has 3 rings (SSSR count). The van der Waals surface area contributed by atoms with Gasteiger partial charge in [0.1, 0.15) is 29.4 Å². The quantitative estimate of drug-likeness (QED) is 0.678. The Morgan fingerprint density at radius 2 is 1.96 bits per heavy atom. The molecule has 7 heteroatoms. The Kier molecular flexibility index (Phi) is 5.49. The molecule has 3 aromatic rings. The molecule has 0 saturated carbocycles. The van der Waals surface area contributed by atoms with E-state index in [1.54, 1.807) is 16.7 Å². The molecule has 0 bridgehead atoms. The minimum Gasteiger partial charge on any atom is -0.492 e. The number of ether oxygens (including phenoxy) is 1. The van der Waals surface area contributed by atoms with Crippen LogP contribution in [0.4, 0.5) is 4.39 Å². The van der Waals surface area contributed by atoms with Gasteiger partial charge in [0, 0.05) is 18.4 Å². The number of rotatable bonds is 6. The van der Waals surface area contributed by atoms with E-state index in [0.717, 1.165) is 5.69 Å². The summed E-state index contributed by atoms with van der Waals surface area (Å²) in [5.41, 5.74) is 1.09. The van der Waals surface area contributed by atoms with E-state index in [9.17, 15) is 14.0 Å². The van der Waals surface area contributed by atoms with Crippen molar-refractivity contribution in [1.82, 2.24) is 14.9 Å². The number of aryl methyl sites for hydroxylation is 2. The maximum atomic E-state index is 12.9. The molecular formula is C20H20FN3O3. The Hall–Kier alpha value is -3.22. The number of carbonyl (C=O) groups excluding carboxylic acids is 1. The second-order valence-electron chi connectivity index (χ2n) is 6.04. The van der Waals surface area contributed by atoms with Crippen LogP contribution in [0.25, 0.3) is 11.0 Å². The van der Waals surface area contributed by atoms with Gasteiger partial charge in [0.15, 0.2) is 0 Å². The van der Waals surface area contributed by atoms with E-state index in [1.165, 1.54) is 30.5 Å². The van der Waals surface area contributed by atoms with Crippen LogP contribution in [-0.2, 0) is 6.54 Å². The number of hydrogen-bond acceptors (Lipinski definition) is 4. The lowest BCUT2D eigenvalue weighted by atomic mass is 10.1. The SMILES string of the molecule is CCn1cc(C(=O)NCCOc2ccc(F)cc2)c(=O)c2ccc(C)nc21. The Morgan fingerprint density at radius 3 is 2.67 bits per heavy atom. The molecule has 0 radical (unpaired) electrons. The predicted molar refractivity (Wildman–Crippen MR) is 101 cm³/mol. The van der Waals surface area contributed by atoms with Crippen molar-refractivity contribution in [3.63, 3.8) is 0 Å². The van der Waals surface area contributed by atoms with Gasteiger partial charge in [-0.25, -0.2) is 9.37 Å². The second kappa shape index (κ2) is 7.99. The summed E-state index contributed by atoms with van der Waals surface area (Å²) in [5, 5.41) is 3.09. The van der Waals surface area contributed by atoms with Crippen molar-refractivity contribution < 1.29 is 13.9 Å². The van der Waals surface area contributed by atoms with Crippen LogP contribution < -0.4 is 15.5 Å². The van der Waals surface area contributed by atoms with E-state index in [2.05, 4.69) is 10.3 Å². The molecule has 0 saturated heterocycles. The standard InChI is InChI=1S/C20H20FN3O3/c1-3-24-12-17(18(25)16-9-4-13(2)23-19(16)24)20(26)22-10-11-27-15-7-5-14(21)6-8-15/h4-9,12H,3,10-11H2,1-2H3,(H,22,26). The predicted octanol–water partition coefficient (Wildman–Crippen LogP) is 2.67. The summed E-state index contributed by atoms with van der Waals surface area (Å²) in [6, 6.07) is 9.06. The number of halogens is 1. The van der Waals surface area contributed by atoms with Crippen LogP contribution in [0, 0.1) is 12.7 Å². The molecule has 27 heavy (non-hydrogen) atoms. The molecule has 6 nitrogen and oxygen atoms in total. The van der Waals surface area contributed by atoms with Crippen LogP contribution >= 0.6 is 0 Å². The van der Waals surface area contributed by atoms with Gasteiger partial charge in [0.25, 0.3) is 5.91 Å². The van der Waals surface area contributed by atoms with Crippen molar-refractivity contribution in [2.45, 2.75) is 20.4 Å². The van der Waals surface area contributed by atoms with Crippen molar-refractivity contribution in [3.8, 4) is 5.75 Å². The molecule has 2 heterocycles. The van der Waals surface area contributed by atoms with Crippen molar-refractivity contribution in [2.75, 3.05) is 13.2 Å². The number of benzene rings is 1. The maximum Gasteiger partial charge on any atom is 0.256 e. The molecule has 2 aromatic heterocycles. The van der Waals surface area contributed by atoms with E-state index >= 15 is 0 Å². The summed E-state index contributed by atoms with van der Waals surface area (Å²) in [4.78, 5) is 29.5. The number of amides is 1. The molecule has 1 amide bonds. The van der Waals surface area contributed by atoms with Crippen LogP contribution in [-0.4, -0.2) is 28.6 Å². The van der Waals surface area contributed by atoms with Gasteiger partial charge in [-0.1, -0.05) is 0 Å². The lowest BCUT2D eigenvalue weighted by molar-refractivity contribution is 0.0945. The molecule has 140 valence electrons. The lowest BCUT2D eigenvalue weighted by Crippen LogP contribution is -2.32. The highest BCUT2D eigenvalue weighted by Gasteiger charge is 2.15. The summed E-state index contributed by atoms with van der Waals surface area (Å²) in [6.07, 6.45) is 1.53. The number of carbonyl (C=O) groups is 1. The fourth-order valence-corrected chi connectivity index (χ4v) is 2.72. The second-order valence-corrected chi connectivity index (χ2v) is 6.04. The molecular weight excluding hydrogens is 349 g/mol. The van der Waals surface area contributed by atoms with Gasteiger partial charge >= 0.3 is 0 Å². The summed E-state index contributed by atoms with van der Waals surface area (Å²) in [7, 11) is 0. The molecule has 0 fully saturated rings. The molecule has 1 aromatic carbocycles. The fourth-order valence-electron chi connectivity index (χ4n) is 2.72. The van der Waals surface area contributed by atoms with Gasteiger partial charge in [-0.15, -0.1) is 0 Å². The minimum absolute atomic E-state index is 0.0665. The highest BCUT2D eigenvalue weighted by molar-refractivity contribution is 5.96. The van der Waals surface area contributed by atoms with E-state index < -0.39 is 5.91 Å². The first-order valence-electron chi connectivity index (χ1n) is 8.67. The van der Waals surface area contributed by atoms with E-state index in [0.29, 0.717) is 23.3 Å². The number of pyridine rings is 2. The number of hydrogen-bond donors (Lipinski definition) is 1. The Bertz CT molecular complexity index is 1030. The van der Waals surface area contributed by atoms with Gasteiger partial charge in [0.05, 0.1) is 11.9 Å². The highest BCUT2D eigenvalue weighted by Crippen LogP contribution is 2.12. The molecule has 0 atom stereocenters. The average molecular weight is 369 g/mol. The number of fused-ring (bicyclic) bond motifs is 1. The molecule has 1 N–H and O–H groups in total. The zero-order valence-electron chi connectivity index (χ0n) is 15.2. The summed E-state index contributed by atoms with van der Waals surface area (Å²) in [5.74, 6) is -0.303. The summed E-state index contributed by atoms with van der Waals surface area (Å²) in [6.45, 7) is 4.78. The van der Waals surface area contributed by atoms with E-state index in [4.69, 9.17) is 4.74 Å². The zero-order valence-corrected chi connectivity index (χ0v) is 15.2. The Labute approximate surface area is 155 Å². The van der Waals surface area contributed by atoms with E-state index in [1.807, 2.05) is 13.8 Å². The van der Waals surface area contributed by atoms with Crippen LogP contribution in [0.2, 0.25) is 0 Å². The van der Waals surface area contributed by atoms with Crippen molar-refractivity contribution in [1.29, 1.82) is 0 Å². The smallest absolute Gasteiger partial charge is 0.256 e. The van der Waals surface area contributed by atoms with Crippen molar-refractivity contribution >= 4 is 16.9 Å². The van der Waals surface area contributed by atoms with Crippen molar-refractivity contribution in [2.24, 2.45) is 0 Å². The number of nitrogens with zero attached hydrogens (tertiary/aromatic N) is 2. The Balaban J connectivity index is 1.71. The number of aromatic nitrogens is 2. The average Bonchev–Trinajstić information content (AvgIpc) is 2.66. The molecule has 0 spiro atoms. The van der Waals surface area contributed by atoms with Gasteiger partial charge in [0.2, 0.25) is 5.43 Å². The fraction of sp³-hybridized carbons (Fsp3) is 0.250. The first-order chi connectivity index (χ1) is 13.0. The number of nitrogens with one attached hydrogen (secondary N) is 1. The minimum atomic E-state index is -0.465. The topological polar surface area (TPSA) is 73.2 Å². The molecule has 0 unspecified atom stereocenters. The largest absolute Gasteiger partial charge is 0.492 e. The third-order valence-corrected chi connectivity index (χ3v) is 4.12. The van der Waals surface area contributed by atoms with Crippen LogP contribution in [0.3, 0.4) is 0 Å². The van der Waals surface area contributed by atoms with Crippen LogP contribution in [0.15, 0.2) is 47.4 Å². The van der Waals surface area contributed by atoms with Gasteiger partial charge in [-0.05, 0) is 50.2 Å². The highest BCUT2D eigenvalue weighted by atomic mass is 19.1. The first kappa shape index (κ1) is 18.6. The summed E-state index contributed by atoms with van der Waals surface area (Å²) < 4.78 is 20.1. The normalized spacial score (nSPS) is 10.8. The van der Waals surface area contributed by atoms with E-state index in [-0.39, 0.29) is 30.0 Å². The van der Waals surface area contributed by atoms with Crippen molar-refractivity contribution in [3.05, 3.63) is 69.9 Å². The van der Waals surface area contributed by atoms with Gasteiger partial charge in [-0.2, -0.15) is 0 Å².